The molecule has 1 N–H and O–H groups in total. The van der Waals surface area contributed by atoms with Gasteiger partial charge in [0.15, 0.2) is 11.5 Å². The summed E-state index contributed by atoms with van der Waals surface area (Å²) >= 11 is 1.53. The number of benzene rings is 1. The number of methoxy groups -OCH3 is 1. The Hall–Kier alpha value is -1.54. The molecular weight excluding hydrogens is 433 g/mol. The van der Waals surface area contributed by atoms with Gasteiger partial charge in [-0.3, -0.25) is 4.79 Å². The van der Waals surface area contributed by atoms with E-state index in [1.165, 1.54) is 11.3 Å². The molecule has 1 amide bonds. The van der Waals surface area contributed by atoms with E-state index in [4.69, 9.17) is 9.47 Å². The highest BCUT2D eigenvalue weighted by molar-refractivity contribution is 7.07. The third-order valence-corrected chi connectivity index (χ3v) is 5.49. The van der Waals surface area contributed by atoms with Crippen LogP contribution in [0.1, 0.15) is 35.8 Å². The Balaban J connectivity index is 0.00000210. The van der Waals surface area contributed by atoms with Crippen LogP contribution in [0.5, 0.6) is 11.5 Å². The Morgan fingerprint density at radius 1 is 1.28 bits per heavy atom. The number of nitrogens with zero attached hydrogens (tertiary/aromatic N) is 2. The zero-order chi connectivity index (χ0) is 19.1. The number of carbonyl (C=O) groups is 1. The molecule has 0 spiro atoms. The molecule has 9 heteroatoms. The summed E-state index contributed by atoms with van der Waals surface area (Å²) < 4.78 is 11.2. The molecule has 6 nitrogen and oxygen atoms in total. The molecule has 2 aromatic rings. The van der Waals surface area contributed by atoms with Crippen molar-refractivity contribution in [2.75, 3.05) is 33.3 Å². The Bertz CT molecular complexity index is 739. The first-order valence-electron chi connectivity index (χ1n) is 9.39. The molecule has 2 heterocycles. The molecule has 0 unspecified atom stereocenters. The highest BCUT2D eigenvalue weighted by Crippen LogP contribution is 2.30. The number of piperidine rings is 1. The first-order chi connectivity index (χ1) is 13.2. The van der Waals surface area contributed by atoms with Crippen LogP contribution >= 0.6 is 36.2 Å². The van der Waals surface area contributed by atoms with Crippen molar-refractivity contribution < 1.29 is 14.3 Å². The van der Waals surface area contributed by atoms with E-state index in [1.807, 2.05) is 16.3 Å². The van der Waals surface area contributed by atoms with E-state index in [0.29, 0.717) is 29.6 Å². The summed E-state index contributed by atoms with van der Waals surface area (Å²) in [4.78, 5) is 19.0. The number of ether oxygens (including phenoxy) is 2. The standard InChI is InChI=1S/C20H27N3O3S.2ClH/c1-3-21-11-15-6-8-23(9-7-15)20(24)16-4-5-18(19(10-16)25-2)26-12-17-13-27-14-22-17;;/h4-5,10,13-15,21H,3,6-9,11-12H2,1-2H3;2*1H. The number of hydrogen-bond donors (Lipinski definition) is 1. The Labute approximate surface area is 188 Å². The molecule has 1 aliphatic rings. The van der Waals surface area contributed by atoms with Crippen molar-refractivity contribution in [2.45, 2.75) is 26.4 Å². The molecule has 1 aromatic carbocycles. The molecule has 162 valence electrons. The van der Waals surface area contributed by atoms with Gasteiger partial charge in [-0.15, -0.1) is 36.2 Å². The number of amides is 1. The van der Waals surface area contributed by atoms with E-state index in [-0.39, 0.29) is 30.7 Å². The fourth-order valence-electron chi connectivity index (χ4n) is 3.25. The Kier molecular flexibility index (Phi) is 11.3. The third kappa shape index (κ3) is 7.03. The quantitative estimate of drug-likeness (QED) is 0.642. The minimum atomic E-state index is 0. The lowest BCUT2D eigenvalue weighted by Gasteiger charge is -2.32. The molecule has 0 bridgehead atoms. The van der Waals surface area contributed by atoms with Crippen LogP contribution in [0.2, 0.25) is 0 Å². The van der Waals surface area contributed by atoms with Crippen LogP contribution in [-0.2, 0) is 6.61 Å². The van der Waals surface area contributed by atoms with Crippen molar-refractivity contribution in [1.29, 1.82) is 0 Å². The predicted octanol–water partition coefficient (Wildman–Crippen LogP) is 4.04. The summed E-state index contributed by atoms with van der Waals surface area (Å²) in [6.45, 7) is 6.15. The lowest BCUT2D eigenvalue weighted by molar-refractivity contribution is 0.0690. The molecule has 0 atom stereocenters. The monoisotopic (exact) mass is 461 g/mol. The molecule has 29 heavy (non-hydrogen) atoms. The van der Waals surface area contributed by atoms with Crippen LogP contribution < -0.4 is 14.8 Å². The SMILES string of the molecule is CCNCC1CCN(C(=O)c2ccc(OCc3cscn3)c(OC)c2)CC1.Cl.Cl. The molecule has 0 aliphatic carbocycles. The molecule has 0 saturated carbocycles. The number of aromatic nitrogens is 1. The molecule has 1 aromatic heterocycles. The number of rotatable bonds is 8. The number of thiazole rings is 1. The van der Waals surface area contributed by atoms with E-state index >= 15 is 0 Å². The fourth-order valence-corrected chi connectivity index (χ4v) is 3.79. The van der Waals surface area contributed by atoms with Crippen molar-refractivity contribution in [1.82, 2.24) is 15.2 Å². The Morgan fingerprint density at radius 3 is 2.66 bits per heavy atom. The number of hydrogen-bond acceptors (Lipinski definition) is 6. The lowest BCUT2D eigenvalue weighted by Crippen LogP contribution is -2.40. The largest absolute Gasteiger partial charge is 0.493 e. The van der Waals surface area contributed by atoms with Gasteiger partial charge in [-0.25, -0.2) is 4.98 Å². The number of likely N-dealkylation sites (tertiary alicyclic amines) is 1. The van der Waals surface area contributed by atoms with Crippen molar-refractivity contribution in [3.63, 3.8) is 0 Å². The smallest absolute Gasteiger partial charge is 0.253 e. The number of halogens is 2. The van der Waals surface area contributed by atoms with Gasteiger partial charge in [0.05, 0.1) is 18.3 Å². The van der Waals surface area contributed by atoms with Crippen LogP contribution in [0, 0.1) is 5.92 Å². The van der Waals surface area contributed by atoms with Crippen LogP contribution in [-0.4, -0.2) is 49.1 Å². The topological polar surface area (TPSA) is 63.7 Å². The summed E-state index contributed by atoms with van der Waals surface area (Å²) in [6, 6.07) is 5.38. The van der Waals surface area contributed by atoms with Gasteiger partial charge < -0.3 is 19.7 Å². The van der Waals surface area contributed by atoms with E-state index in [9.17, 15) is 4.79 Å². The van der Waals surface area contributed by atoms with Gasteiger partial charge in [-0.2, -0.15) is 0 Å². The maximum Gasteiger partial charge on any atom is 0.253 e. The minimum absolute atomic E-state index is 0. The van der Waals surface area contributed by atoms with Gasteiger partial charge in [0, 0.05) is 24.0 Å². The van der Waals surface area contributed by atoms with Gasteiger partial charge >= 0.3 is 0 Å². The second kappa shape index (κ2) is 12.9. The normalized spacial score (nSPS) is 13.9. The van der Waals surface area contributed by atoms with E-state index in [2.05, 4.69) is 17.2 Å². The van der Waals surface area contributed by atoms with Gasteiger partial charge in [0.25, 0.3) is 5.91 Å². The summed E-state index contributed by atoms with van der Waals surface area (Å²) in [5, 5.41) is 5.35. The highest BCUT2D eigenvalue weighted by Gasteiger charge is 2.24. The maximum absolute atomic E-state index is 12.8. The van der Waals surface area contributed by atoms with Gasteiger partial charge in [0.2, 0.25) is 0 Å². The van der Waals surface area contributed by atoms with E-state index in [0.717, 1.165) is 44.7 Å². The molecule has 1 fully saturated rings. The summed E-state index contributed by atoms with van der Waals surface area (Å²) in [7, 11) is 1.59. The van der Waals surface area contributed by atoms with Crippen LogP contribution in [0.25, 0.3) is 0 Å². The van der Waals surface area contributed by atoms with Crippen LogP contribution in [0.15, 0.2) is 29.1 Å². The average molecular weight is 462 g/mol. The van der Waals surface area contributed by atoms with Gasteiger partial charge in [-0.05, 0) is 50.0 Å². The average Bonchev–Trinajstić information content (AvgIpc) is 3.24. The maximum atomic E-state index is 12.8. The van der Waals surface area contributed by atoms with Crippen molar-refractivity contribution in [2.24, 2.45) is 5.92 Å². The van der Waals surface area contributed by atoms with Crippen molar-refractivity contribution >= 4 is 42.1 Å². The van der Waals surface area contributed by atoms with Crippen LogP contribution in [0.3, 0.4) is 0 Å². The number of nitrogens with one attached hydrogen (secondary N) is 1. The van der Waals surface area contributed by atoms with E-state index < -0.39 is 0 Å². The summed E-state index contributed by atoms with van der Waals surface area (Å²) in [5.41, 5.74) is 3.29. The molecule has 0 radical (unpaired) electrons. The van der Waals surface area contributed by atoms with Crippen molar-refractivity contribution in [3.8, 4) is 11.5 Å². The van der Waals surface area contributed by atoms with E-state index in [1.54, 1.807) is 24.8 Å². The van der Waals surface area contributed by atoms with Gasteiger partial charge in [0.1, 0.15) is 6.61 Å². The highest BCUT2D eigenvalue weighted by atomic mass is 35.5. The van der Waals surface area contributed by atoms with Crippen molar-refractivity contribution in [3.05, 3.63) is 40.3 Å². The zero-order valence-corrected chi connectivity index (χ0v) is 19.2. The molecule has 3 rings (SSSR count). The second-order valence-corrected chi connectivity index (χ2v) is 7.40. The summed E-state index contributed by atoms with van der Waals surface area (Å²) in [5.74, 6) is 1.90. The lowest BCUT2D eigenvalue weighted by atomic mass is 9.96. The van der Waals surface area contributed by atoms with Gasteiger partial charge in [-0.1, -0.05) is 6.92 Å². The second-order valence-electron chi connectivity index (χ2n) is 6.68. The number of carbonyl (C=O) groups excluding carboxylic acids is 1. The summed E-state index contributed by atoms with van der Waals surface area (Å²) in [6.07, 6.45) is 2.09. The fraction of sp³-hybridized carbons (Fsp3) is 0.500. The molecular formula is C20H29Cl2N3O3S. The Morgan fingerprint density at radius 2 is 2.03 bits per heavy atom. The molecule has 1 saturated heterocycles. The first-order valence-corrected chi connectivity index (χ1v) is 10.3. The van der Waals surface area contributed by atoms with Crippen LogP contribution in [0.4, 0.5) is 0 Å². The predicted molar refractivity (Wildman–Crippen MR) is 121 cm³/mol. The third-order valence-electron chi connectivity index (χ3n) is 4.85. The molecule has 1 aliphatic heterocycles. The zero-order valence-electron chi connectivity index (χ0n) is 16.8. The minimum Gasteiger partial charge on any atom is -0.493 e. The first kappa shape index (κ1) is 25.5.